The van der Waals surface area contributed by atoms with E-state index in [1.54, 1.807) is 0 Å². The lowest BCUT2D eigenvalue weighted by molar-refractivity contribution is 0.187. The van der Waals surface area contributed by atoms with Gasteiger partial charge >= 0.3 is 0 Å². The summed E-state index contributed by atoms with van der Waals surface area (Å²) in [7, 11) is 0. The summed E-state index contributed by atoms with van der Waals surface area (Å²) >= 11 is 0. The van der Waals surface area contributed by atoms with Gasteiger partial charge < -0.3 is 10.8 Å². The van der Waals surface area contributed by atoms with Crippen LogP contribution >= 0.6 is 0 Å². The first-order valence-electron chi connectivity index (χ1n) is 5.56. The minimum absolute atomic E-state index is 0.126. The van der Waals surface area contributed by atoms with Crippen molar-refractivity contribution < 1.29 is 5.11 Å². The molecular weight excluding hydrogens is 186 g/mol. The molecule has 2 nitrogen and oxygen atoms in total. The van der Waals surface area contributed by atoms with Gasteiger partial charge in [0.15, 0.2) is 0 Å². The normalized spacial score (nSPS) is 14.9. The standard InChI is InChI=1S/C13H21NO/c1-3-7-13(9-14,10-15)12-6-4-5-11(2)8-12/h4-6,8,15H,3,7,9-10,14H2,1-2H3. The van der Waals surface area contributed by atoms with Crippen LogP contribution in [-0.2, 0) is 5.41 Å². The molecule has 15 heavy (non-hydrogen) atoms. The zero-order valence-corrected chi connectivity index (χ0v) is 9.66. The van der Waals surface area contributed by atoms with Gasteiger partial charge in [0.1, 0.15) is 0 Å². The molecule has 0 heterocycles. The lowest BCUT2D eigenvalue weighted by atomic mass is 9.77. The van der Waals surface area contributed by atoms with Crippen molar-refractivity contribution in [2.75, 3.05) is 13.2 Å². The van der Waals surface area contributed by atoms with E-state index in [0.29, 0.717) is 6.54 Å². The average Bonchev–Trinajstić information content (AvgIpc) is 2.26. The van der Waals surface area contributed by atoms with Crippen LogP contribution in [0.4, 0.5) is 0 Å². The lowest BCUT2D eigenvalue weighted by Crippen LogP contribution is -2.38. The molecule has 0 saturated carbocycles. The third-order valence-electron chi connectivity index (χ3n) is 3.05. The van der Waals surface area contributed by atoms with Crippen molar-refractivity contribution in [3.63, 3.8) is 0 Å². The van der Waals surface area contributed by atoms with Gasteiger partial charge in [-0.05, 0) is 18.9 Å². The largest absolute Gasteiger partial charge is 0.395 e. The molecule has 1 unspecified atom stereocenters. The molecule has 0 amide bonds. The first-order valence-corrected chi connectivity index (χ1v) is 5.56. The van der Waals surface area contributed by atoms with Gasteiger partial charge in [-0.2, -0.15) is 0 Å². The van der Waals surface area contributed by atoms with Gasteiger partial charge in [0.2, 0.25) is 0 Å². The van der Waals surface area contributed by atoms with Gasteiger partial charge in [-0.15, -0.1) is 0 Å². The summed E-state index contributed by atoms with van der Waals surface area (Å²) in [6.45, 7) is 4.81. The lowest BCUT2D eigenvalue weighted by Gasteiger charge is -2.31. The van der Waals surface area contributed by atoms with Gasteiger partial charge in [-0.3, -0.25) is 0 Å². The second-order valence-corrected chi connectivity index (χ2v) is 4.26. The molecule has 3 N–H and O–H groups in total. The van der Waals surface area contributed by atoms with Crippen molar-refractivity contribution in [1.82, 2.24) is 0 Å². The van der Waals surface area contributed by atoms with Gasteiger partial charge in [0.05, 0.1) is 6.61 Å². The van der Waals surface area contributed by atoms with Crippen LogP contribution in [0.1, 0.15) is 30.9 Å². The molecule has 2 heteroatoms. The van der Waals surface area contributed by atoms with Crippen LogP contribution in [0.3, 0.4) is 0 Å². The molecule has 0 spiro atoms. The predicted molar refractivity (Wildman–Crippen MR) is 63.9 cm³/mol. The summed E-state index contributed by atoms with van der Waals surface area (Å²) < 4.78 is 0. The summed E-state index contributed by atoms with van der Waals surface area (Å²) in [5.74, 6) is 0. The number of benzene rings is 1. The molecule has 1 aromatic carbocycles. The van der Waals surface area contributed by atoms with Crippen molar-refractivity contribution in [2.45, 2.75) is 32.1 Å². The Balaban J connectivity index is 3.07. The van der Waals surface area contributed by atoms with E-state index >= 15 is 0 Å². The van der Waals surface area contributed by atoms with Crippen molar-refractivity contribution >= 4 is 0 Å². The van der Waals surface area contributed by atoms with E-state index in [4.69, 9.17) is 5.73 Å². The molecular formula is C13H21NO. The fourth-order valence-electron chi connectivity index (χ4n) is 2.05. The highest BCUT2D eigenvalue weighted by Crippen LogP contribution is 2.28. The molecule has 0 aliphatic heterocycles. The highest BCUT2D eigenvalue weighted by molar-refractivity contribution is 5.30. The minimum Gasteiger partial charge on any atom is -0.395 e. The van der Waals surface area contributed by atoms with Gasteiger partial charge in [-0.25, -0.2) is 0 Å². The van der Waals surface area contributed by atoms with Crippen molar-refractivity contribution in [1.29, 1.82) is 0 Å². The Labute approximate surface area is 92.1 Å². The Morgan fingerprint density at radius 2 is 2.13 bits per heavy atom. The van der Waals surface area contributed by atoms with E-state index in [2.05, 4.69) is 32.0 Å². The van der Waals surface area contributed by atoms with Gasteiger partial charge in [0.25, 0.3) is 0 Å². The highest BCUT2D eigenvalue weighted by atomic mass is 16.3. The van der Waals surface area contributed by atoms with E-state index in [1.165, 1.54) is 5.56 Å². The SMILES string of the molecule is CCCC(CN)(CO)c1cccc(C)c1. The third-order valence-corrected chi connectivity index (χ3v) is 3.05. The van der Waals surface area contributed by atoms with E-state index in [1.807, 2.05) is 6.07 Å². The van der Waals surface area contributed by atoms with E-state index < -0.39 is 0 Å². The molecule has 1 rings (SSSR count). The second kappa shape index (κ2) is 5.29. The Morgan fingerprint density at radius 3 is 2.60 bits per heavy atom. The molecule has 1 atom stereocenters. The fourth-order valence-corrected chi connectivity index (χ4v) is 2.05. The van der Waals surface area contributed by atoms with E-state index in [-0.39, 0.29) is 12.0 Å². The maximum absolute atomic E-state index is 9.57. The quantitative estimate of drug-likeness (QED) is 0.775. The van der Waals surface area contributed by atoms with Crippen LogP contribution in [0.25, 0.3) is 0 Å². The number of aryl methyl sites for hydroxylation is 1. The van der Waals surface area contributed by atoms with Crippen molar-refractivity contribution in [3.05, 3.63) is 35.4 Å². The zero-order valence-electron chi connectivity index (χ0n) is 9.66. The van der Waals surface area contributed by atoms with Crippen LogP contribution in [0.5, 0.6) is 0 Å². The summed E-state index contributed by atoms with van der Waals surface area (Å²) in [5, 5.41) is 9.57. The fraction of sp³-hybridized carbons (Fsp3) is 0.538. The molecule has 0 saturated heterocycles. The Kier molecular flexibility index (Phi) is 4.30. The predicted octanol–water partition coefficient (Wildman–Crippen LogP) is 1.98. The van der Waals surface area contributed by atoms with Gasteiger partial charge in [0, 0.05) is 12.0 Å². The Bertz CT molecular complexity index is 305. The topological polar surface area (TPSA) is 46.2 Å². The van der Waals surface area contributed by atoms with Gasteiger partial charge in [-0.1, -0.05) is 43.2 Å². The Hall–Kier alpha value is -0.860. The van der Waals surface area contributed by atoms with E-state index in [9.17, 15) is 5.11 Å². The smallest absolute Gasteiger partial charge is 0.0540 e. The summed E-state index contributed by atoms with van der Waals surface area (Å²) in [6.07, 6.45) is 1.97. The number of aliphatic hydroxyl groups excluding tert-OH is 1. The van der Waals surface area contributed by atoms with E-state index in [0.717, 1.165) is 18.4 Å². The summed E-state index contributed by atoms with van der Waals surface area (Å²) in [5.41, 5.74) is 7.96. The maximum Gasteiger partial charge on any atom is 0.0540 e. The number of rotatable bonds is 5. The first-order chi connectivity index (χ1) is 7.18. The monoisotopic (exact) mass is 207 g/mol. The number of hydrogen-bond acceptors (Lipinski definition) is 2. The van der Waals surface area contributed by atoms with Crippen molar-refractivity contribution in [3.8, 4) is 0 Å². The van der Waals surface area contributed by atoms with Crippen LogP contribution < -0.4 is 5.73 Å². The van der Waals surface area contributed by atoms with Crippen LogP contribution in [0.2, 0.25) is 0 Å². The molecule has 0 aromatic heterocycles. The molecule has 0 aliphatic rings. The highest BCUT2D eigenvalue weighted by Gasteiger charge is 2.28. The number of nitrogens with two attached hydrogens (primary N) is 1. The molecule has 0 aliphatic carbocycles. The van der Waals surface area contributed by atoms with Crippen LogP contribution in [-0.4, -0.2) is 18.3 Å². The molecule has 0 bridgehead atoms. The molecule has 0 radical (unpaired) electrons. The maximum atomic E-state index is 9.57. The molecule has 84 valence electrons. The summed E-state index contributed by atoms with van der Waals surface area (Å²) in [6, 6.07) is 8.28. The third kappa shape index (κ3) is 2.58. The first kappa shape index (κ1) is 12.2. The number of aliphatic hydroxyl groups is 1. The second-order valence-electron chi connectivity index (χ2n) is 4.26. The molecule has 1 aromatic rings. The number of hydrogen-bond donors (Lipinski definition) is 2. The summed E-state index contributed by atoms with van der Waals surface area (Å²) in [4.78, 5) is 0. The van der Waals surface area contributed by atoms with Crippen molar-refractivity contribution in [2.24, 2.45) is 5.73 Å². The average molecular weight is 207 g/mol. The molecule has 0 fully saturated rings. The van der Waals surface area contributed by atoms with Crippen LogP contribution in [0, 0.1) is 6.92 Å². The minimum atomic E-state index is -0.249. The van der Waals surface area contributed by atoms with Crippen LogP contribution in [0.15, 0.2) is 24.3 Å². The zero-order chi connectivity index (χ0) is 11.3. The Morgan fingerprint density at radius 1 is 1.40 bits per heavy atom.